The molecule has 2 aliphatic carbocycles. The molecule has 1 spiro atoms. The van der Waals surface area contributed by atoms with Crippen LogP contribution < -0.4 is 5.73 Å². The molecule has 0 aliphatic heterocycles. The van der Waals surface area contributed by atoms with Gasteiger partial charge in [-0.25, -0.2) is 0 Å². The zero-order valence-electron chi connectivity index (χ0n) is 12.5. The van der Waals surface area contributed by atoms with Crippen LogP contribution in [-0.2, 0) is 16.1 Å². The fraction of sp³-hybridized carbons (Fsp3) is 0.588. The van der Waals surface area contributed by atoms with E-state index >= 15 is 0 Å². The van der Waals surface area contributed by atoms with Gasteiger partial charge in [-0.15, -0.1) is 0 Å². The van der Waals surface area contributed by atoms with Crippen LogP contribution in [0.15, 0.2) is 30.3 Å². The molecule has 0 saturated heterocycles. The standard InChI is InChI=1S/C15H19NO2.C2H6/c16-13-8-15(9-13)6-12(7-15)14(17)18-10-11-4-2-1-3-5-11;1-2/h1-5,12-13H,6-10,16H2;1-2H3. The number of carbonyl (C=O) groups excluding carboxylic acids is 1. The first kappa shape index (κ1) is 15.0. The number of carbonyl (C=O) groups is 1. The molecule has 2 aliphatic rings. The molecule has 0 unspecified atom stereocenters. The Kier molecular flexibility index (Phi) is 4.81. The molecule has 110 valence electrons. The Hall–Kier alpha value is -1.35. The van der Waals surface area contributed by atoms with Crippen molar-refractivity contribution in [3.8, 4) is 0 Å². The number of nitrogens with two attached hydrogens (primary N) is 1. The van der Waals surface area contributed by atoms with Gasteiger partial charge in [0.05, 0.1) is 5.92 Å². The molecule has 0 radical (unpaired) electrons. The van der Waals surface area contributed by atoms with Crippen LogP contribution >= 0.6 is 0 Å². The molecule has 1 aromatic carbocycles. The van der Waals surface area contributed by atoms with E-state index in [4.69, 9.17) is 10.5 Å². The van der Waals surface area contributed by atoms with E-state index in [1.54, 1.807) is 0 Å². The predicted molar refractivity (Wildman–Crippen MR) is 80.0 cm³/mol. The van der Waals surface area contributed by atoms with Crippen molar-refractivity contribution >= 4 is 5.97 Å². The summed E-state index contributed by atoms with van der Waals surface area (Å²) in [4.78, 5) is 11.9. The molecular formula is C17H25NO2. The number of hydrogen-bond donors (Lipinski definition) is 1. The lowest BCUT2D eigenvalue weighted by atomic mass is 9.50. The molecule has 0 amide bonds. The maximum atomic E-state index is 11.9. The summed E-state index contributed by atoms with van der Waals surface area (Å²) < 4.78 is 5.35. The summed E-state index contributed by atoms with van der Waals surface area (Å²) >= 11 is 0. The Labute approximate surface area is 121 Å². The molecule has 3 rings (SSSR count). The Bertz CT molecular complexity index is 430. The molecule has 3 nitrogen and oxygen atoms in total. The highest BCUT2D eigenvalue weighted by Crippen LogP contribution is 2.58. The van der Waals surface area contributed by atoms with Gasteiger partial charge < -0.3 is 10.5 Å². The van der Waals surface area contributed by atoms with Crippen molar-refractivity contribution in [3.63, 3.8) is 0 Å². The predicted octanol–water partition coefficient (Wildman–Crippen LogP) is 3.27. The fourth-order valence-electron chi connectivity index (χ4n) is 3.38. The van der Waals surface area contributed by atoms with Crippen LogP contribution in [0.1, 0.15) is 45.1 Å². The summed E-state index contributed by atoms with van der Waals surface area (Å²) in [6.07, 6.45) is 4.15. The van der Waals surface area contributed by atoms with E-state index in [0.29, 0.717) is 18.1 Å². The minimum Gasteiger partial charge on any atom is -0.461 e. The minimum absolute atomic E-state index is 0.0371. The summed E-state index contributed by atoms with van der Waals surface area (Å²) in [7, 11) is 0. The topological polar surface area (TPSA) is 52.3 Å². The van der Waals surface area contributed by atoms with Gasteiger partial charge in [0.1, 0.15) is 6.61 Å². The molecule has 0 atom stereocenters. The summed E-state index contributed by atoms with van der Waals surface area (Å²) in [5.41, 5.74) is 7.25. The molecule has 2 fully saturated rings. The molecule has 1 aromatic rings. The van der Waals surface area contributed by atoms with Crippen molar-refractivity contribution in [1.29, 1.82) is 0 Å². The maximum Gasteiger partial charge on any atom is 0.309 e. The lowest BCUT2D eigenvalue weighted by Crippen LogP contribution is -2.55. The lowest BCUT2D eigenvalue weighted by molar-refractivity contribution is -0.163. The SMILES string of the molecule is CC.NC1CC2(C1)CC(C(=O)OCc1ccccc1)C2. The van der Waals surface area contributed by atoms with E-state index in [2.05, 4.69) is 0 Å². The third kappa shape index (κ3) is 3.21. The zero-order chi connectivity index (χ0) is 14.6. The average Bonchev–Trinajstić information content (AvgIpc) is 2.42. The zero-order valence-corrected chi connectivity index (χ0v) is 12.5. The van der Waals surface area contributed by atoms with E-state index in [1.807, 2.05) is 44.2 Å². The van der Waals surface area contributed by atoms with Gasteiger partial charge in [0, 0.05) is 6.04 Å². The molecule has 20 heavy (non-hydrogen) atoms. The first-order valence-electron chi connectivity index (χ1n) is 7.63. The van der Waals surface area contributed by atoms with Crippen molar-refractivity contribution in [3.05, 3.63) is 35.9 Å². The second-order valence-electron chi connectivity index (χ2n) is 5.87. The molecular weight excluding hydrogens is 250 g/mol. The first-order valence-corrected chi connectivity index (χ1v) is 7.63. The van der Waals surface area contributed by atoms with Gasteiger partial charge in [-0.2, -0.15) is 0 Å². The van der Waals surface area contributed by atoms with Gasteiger partial charge in [0.25, 0.3) is 0 Å². The van der Waals surface area contributed by atoms with Crippen LogP contribution in [0.25, 0.3) is 0 Å². The van der Waals surface area contributed by atoms with Crippen LogP contribution in [0.3, 0.4) is 0 Å². The third-order valence-electron chi connectivity index (χ3n) is 4.31. The van der Waals surface area contributed by atoms with Crippen molar-refractivity contribution in [2.75, 3.05) is 0 Å². The van der Waals surface area contributed by atoms with Crippen LogP contribution in [0, 0.1) is 11.3 Å². The van der Waals surface area contributed by atoms with Crippen molar-refractivity contribution in [2.24, 2.45) is 17.1 Å². The van der Waals surface area contributed by atoms with E-state index in [0.717, 1.165) is 31.2 Å². The van der Waals surface area contributed by atoms with E-state index in [-0.39, 0.29) is 11.9 Å². The smallest absolute Gasteiger partial charge is 0.309 e. The number of benzene rings is 1. The summed E-state index contributed by atoms with van der Waals surface area (Å²) in [5.74, 6) is 0.0751. The van der Waals surface area contributed by atoms with E-state index in [1.165, 1.54) is 0 Å². The van der Waals surface area contributed by atoms with Gasteiger partial charge in [-0.05, 0) is 36.7 Å². The second kappa shape index (κ2) is 6.40. The number of hydrogen-bond acceptors (Lipinski definition) is 3. The number of ether oxygens (including phenoxy) is 1. The normalized spacial score (nSPS) is 30.6. The molecule has 0 heterocycles. The Morgan fingerprint density at radius 1 is 1.20 bits per heavy atom. The van der Waals surface area contributed by atoms with Crippen LogP contribution in [-0.4, -0.2) is 12.0 Å². The highest BCUT2D eigenvalue weighted by molar-refractivity contribution is 5.74. The molecule has 2 saturated carbocycles. The third-order valence-corrected chi connectivity index (χ3v) is 4.31. The fourth-order valence-corrected chi connectivity index (χ4v) is 3.38. The second-order valence-corrected chi connectivity index (χ2v) is 5.87. The van der Waals surface area contributed by atoms with Gasteiger partial charge in [-0.1, -0.05) is 44.2 Å². The largest absolute Gasteiger partial charge is 0.461 e. The van der Waals surface area contributed by atoms with Crippen molar-refractivity contribution in [2.45, 2.75) is 52.2 Å². The molecule has 3 heteroatoms. The van der Waals surface area contributed by atoms with Gasteiger partial charge in [0.15, 0.2) is 0 Å². The lowest BCUT2D eigenvalue weighted by Gasteiger charge is -2.56. The van der Waals surface area contributed by atoms with E-state index < -0.39 is 0 Å². The molecule has 0 bridgehead atoms. The number of esters is 1. The summed E-state index contributed by atoms with van der Waals surface area (Å²) in [6, 6.07) is 10.2. The highest BCUT2D eigenvalue weighted by atomic mass is 16.5. The van der Waals surface area contributed by atoms with Gasteiger partial charge >= 0.3 is 5.97 Å². The molecule has 0 aromatic heterocycles. The minimum atomic E-state index is -0.0371. The number of rotatable bonds is 3. The van der Waals surface area contributed by atoms with E-state index in [9.17, 15) is 4.79 Å². The average molecular weight is 275 g/mol. The first-order chi connectivity index (χ1) is 9.67. The monoisotopic (exact) mass is 275 g/mol. The Morgan fingerprint density at radius 3 is 2.35 bits per heavy atom. The Balaban J connectivity index is 0.000000704. The van der Waals surface area contributed by atoms with Gasteiger partial charge in [-0.3, -0.25) is 4.79 Å². The highest BCUT2D eigenvalue weighted by Gasteiger charge is 2.54. The van der Waals surface area contributed by atoms with Crippen LogP contribution in [0.5, 0.6) is 0 Å². The quantitative estimate of drug-likeness (QED) is 0.861. The van der Waals surface area contributed by atoms with Crippen molar-refractivity contribution in [1.82, 2.24) is 0 Å². The summed E-state index contributed by atoms with van der Waals surface area (Å²) in [5, 5.41) is 0. The molecule has 2 N–H and O–H groups in total. The van der Waals surface area contributed by atoms with Crippen molar-refractivity contribution < 1.29 is 9.53 Å². The van der Waals surface area contributed by atoms with Crippen LogP contribution in [0.4, 0.5) is 0 Å². The Morgan fingerprint density at radius 2 is 1.80 bits per heavy atom. The summed E-state index contributed by atoms with van der Waals surface area (Å²) in [6.45, 7) is 4.39. The maximum absolute atomic E-state index is 11.9. The van der Waals surface area contributed by atoms with Crippen LogP contribution in [0.2, 0.25) is 0 Å². The van der Waals surface area contributed by atoms with Gasteiger partial charge in [0.2, 0.25) is 0 Å².